The standard InChI is InChI=1S/C10H22N2O3/c1-3-8(4-2)12(5-6-13)7-9(11)10(14)15/h8-9,13H,3-7,11H2,1-2H3,(H,14,15). The summed E-state index contributed by atoms with van der Waals surface area (Å²) < 4.78 is 0. The lowest BCUT2D eigenvalue weighted by Crippen LogP contribution is -2.47. The fourth-order valence-electron chi connectivity index (χ4n) is 1.69. The number of aliphatic hydroxyl groups is 1. The first kappa shape index (κ1) is 14.3. The third-order valence-corrected chi connectivity index (χ3v) is 2.59. The van der Waals surface area contributed by atoms with E-state index in [1.807, 2.05) is 18.7 Å². The summed E-state index contributed by atoms with van der Waals surface area (Å²) >= 11 is 0. The second-order valence-electron chi connectivity index (χ2n) is 3.63. The van der Waals surface area contributed by atoms with Gasteiger partial charge in [0, 0.05) is 19.1 Å². The van der Waals surface area contributed by atoms with Crippen molar-refractivity contribution >= 4 is 5.97 Å². The van der Waals surface area contributed by atoms with Gasteiger partial charge in [-0.25, -0.2) is 0 Å². The number of rotatable bonds is 8. The molecule has 1 atom stereocenters. The first-order valence-electron chi connectivity index (χ1n) is 5.40. The molecule has 1 unspecified atom stereocenters. The van der Waals surface area contributed by atoms with Crippen LogP contribution in [0.15, 0.2) is 0 Å². The van der Waals surface area contributed by atoms with Gasteiger partial charge in [-0.3, -0.25) is 9.69 Å². The van der Waals surface area contributed by atoms with Crippen molar-refractivity contribution in [2.75, 3.05) is 19.7 Å². The summed E-state index contributed by atoms with van der Waals surface area (Å²) in [5.41, 5.74) is 5.47. The van der Waals surface area contributed by atoms with Crippen LogP contribution in [0.3, 0.4) is 0 Å². The van der Waals surface area contributed by atoms with Crippen LogP contribution in [0.25, 0.3) is 0 Å². The highest BCUT2D eigenvalue weighted by Gasteiger charge is 2.20. The predicted octanol–water partition coefficient (Wildman–Crippen LogP) is -0.119. The van der Waals surface area contributed by atoms with E-state index in [0.717, 1.165) is 12.8 Å². The molecule has 0 aliphatic carbocycles. The molecule has 0 heterocycles. The van der Waals surface area contributed by atoms with Crippen molar-refractivity contribution in [3.8, 4) is 0 Å². The number of carboxylic acids is 1. The second kappa shape index (κ2) is 7.62. The van der Waals surface area contributed by atoms with Gasteiger partial charge in [-0.05, 0) is 12.8 Å². The molecule has 0 radical (unpaired) electrons. The van der Waals surface area contributed by atoms with Crippen LogP contribution in [0.2, 0.25) is 0 Å². The molecule has 0 aromatic rings. The topological polar surface area (TPSA) is 86.8 Å². The number of nitrogens with zero attached hydrogens (tertiary/aromatic N) is 1. The normalized spacial score (nSPS) is 13.5. The van der Waals surface area contributed by atoms with E-state index in [1.54, 1.807) is 0 Å². The molecule has 90 valence electrons. The minimum absolute atomic E-state index is 0.0306. The fourth-order valence-corrected chi connectivity index (χ4v) is 1.69. The molecule has 0 fully saturated rings. The van der Waals surface area contributed by atoms with Crippen molar-refractivity contribution < 1.29 is 15.0 Å². The van der Waals surface area contributed by atoms with E-state index in [4.69, 9.17) is 15.9 Å². The van der Waals surface area contributed by atoms with Crippen LogP contribution in [0.4, 0.5) is 0 Å². The third kappa shape index (κ3) is 5.11. The highest BCUT2D eigenvalue weighted by atomic mass is 16.4. The summed E-state index contributed by atoms with van der Waals surface area (Å²) in [7, 11) is 0. The largest absolute Gasteiger partial charge is 0.480 e. The Hall–Kier alpha value is -0.650. The van der Waals surface area contributed by atoms with E-state index in [1.165, 1.54) is 0 Å². The SMILES string of the molecule is CCC(CC)N(CCO)CC(N)C(=O)O. The number of hydrogen-bond acceptors (Lipinski definition) is 4. The van der Waals surface area contributed by atoms with Gasteiger partial charge in [-0.1, -0.05) is 13.8 Å². The van der Waals surface area contributed by atoms with Crippen molar-refractivity contribution in [3.05, 3.63) is 0 Å². The molecule has 0 rings (SSSR count). The molecule has 0 bridgehead atoms. The number of carboxylic acid groups (broad SMARTS) is 1. The molecule has 0 aromatic carbocycles. The van der Waals surface area contributed by atoms with Gasteiger partial charge in [0.1, 0.15) is 6.04 Å². The Bertz CT molecular complexity index is 184. The van der Waals surface area contributed by atoms with Crippen LogP contribution in [0.5, 0.6) is 0 Å². The molecule has 5 nitrogen and oxygen atoms in total. The van der Waals surface area contributed by atoms with E-state index in [0.29, 0.717) is 19.1 Å². The number of hydrogen-bond donors (Lipinski definition) is 3. The van der Waals surface area contributed by atoms with Crippen LogP contribution >= 0.6 is 0 Å². The lowest BCUT2D eigenvalue weighted by Gasteiger charge is -2.30. The molecule has 0 aliphatic heterocycles. The molecule has 0 amide bonds. The second-order valence-corrected chi connectivity index (χ2v) is 3.63. The predicted molar refractivity (Wildman–Crippen MR) is 58.6 cm³/mol. The van der Waals surface area contributed by atoms with Gasteiger partial charge in [-0.2, -0.15) is 0 Å². The zero-order valence-electron chi connectivity index (χ0n) is 9.52. The van der Waals surface area contributed by atoms with Crippen LogP contribution in [-0.2, 0) is 4.79 Å². The first-order valence-corrected chi connectivity index (χ1v) is 5.40. The van der Waals surface area contributed by atoms with E-state index in [-0.39, 0.29) is 6.61 Å². The number of nitrogens with two attached hydrogens (primary N) is 1. The molecule has 0 saturated carbocycles. The molecule has 0 saturated heterocycles. The van der Waals surface area contributed by atoms with Crippen molar-refractivity contribution in [1.82, 2.24) is 4.90 Å². The highest BCUT2D eigenvalue weighted by Crippen LogP contribution is 2.08. The van der Waals surface area contributed by atoms with Crippen molar-refractivity contribution in [1.29, 1.82) is 0 Å². The molecule has 15 heavy (non-hydrogen) atoms. The maximum atomic E-state index is 10.6. The molecular formula is C10H22N2O3. The van der Waals surface area contributed by atoms with Gasteiger partial charge in [-0.15, -0.1) is 0 Å². The van der Waals surface area contributed by atoms with Crippen LogP contribution in [-0.4, -0.2) is 52.9 Å². The average Bonchev–Trinajstić information content (AvgIpc) is 2.19. The Morgan fingerprint density at radius 1 is 1.40 bits per heavy atom. The molecule has 5 heteroatoms. The number of carbonyl (C=O) groups is 1. The Labute approximate surface area is 90.9 Å². The molecule has 0 spiro atoms. The third-order valence-electron chi connectivity index (χ3n) is 2.59. The lowest BCUT2D eigenvalue weighted by atomic mass is 10.1. The first-order chi connectivity index (χ1) is 7.06. The van der Waals surface area contributed by atoms with Crippen molar-refractivity contribution in [2.45, 2.75) is 38.8 Å². The molecule has 0 aromatic heterocycles. The molecular weight excluding hydrogens is 196 g/mol. The Morgan fingerprint density at radius 2 is 1.93 bits per heavy atom. The van der Waals surface area contributed by atoms with Gasteiger partial charge < -0.3 is 15.9 Å². The van der Waals surface area contributed by atoms with Gasteiger partial charge in [0.2, 0.25) is 0 Å². The van der Waals surface area contributed by atoms with Gasteiger partial charge in [0.05, 0.1) is 6.61 Å². The van der Waals surface area contributed by atoms with Gasteiger partial charge >= 0.3 is 5.97 Å². The number of aliphatic carboxylic acids is 1. The highest BCUT2D eigenvalue weighted by molar-refractivity contribution is 5.73. The summed E-state index contributed by atoms with van der Waals surface area (Å²) in [5, 5.41) is 17.6. The van der Waals surface area contributed by atoms with E-state index >= 15 is 0 Å². The van der Waals surface area contributed by atoms with Crippen molar-refractivity contribution in [2.24, 2.45) is 5.73 Å². The Kier molecular flexibility index (Phi) is 7.29. The molecule has 0 aliphatic rings. The lowest BCUT2D eigenvalue weighted by molar-refractivity contribution is -0.139. The zero-order chi connectivity index (χ0) is 11.8. The monoisotopic (exact) mass is 218 g/mol. The van der Waals surface area contributed by atoms with Crippen LogP contribution in [0.1, 0.15) is 26.7 Å². The molecule has 4 N–H and O–H groups in total. The summed E-state index contributed by atoms with van der Waals surface area (Å²) in [4.78, 5) is 12.6. The maximum absolute atomic E-state index is 10.6. The van der Waals surface area contributed by atoms with Crippen LogP contribution in [0, 0.1) is 0 Å². The quantitative estimate of drug-likeness (QED) is 0.529. The van der Waals surface area contributed by atoms with E-state index < -0.39 is 12.0 Å². The summed E-state index contributed by atoms with van der Waals surface area (Å²) in [6.07, 6.45) is 1.87. The van der Waals surface area contributed by atoms with E-state index in [2.05, 4.69) is 0 Å². The zero-order valence-corrected chi connectivity index (χ0v) is 9.52. The average molecular weight is 218 g/mol. The Balaban J connectivity index is 4.30. The summed E-state index contributed by atoms with van der Waals surface area (Å²) in [6.45, 7) is 4.90. The minimum Gasteiger partial charge on any atom is -0.480 e. The fraction of sp³-hybridized carbons (Fsp3) is 0.900. The number of aliphatic hydroxyl groups excluding tert-OH is 1. The van der Waals surface area contributed by atoms with E-state index in [9.17, 15) is 4.79 Å². The minimum atomic E-state index is -0.996. The maximum Gasteiger partial charge on any atom is 0.321 e. The van der Waals surface area contributed by atoms with Gasteiger partial charge in [0.15, 0.2) is 0 Å². The summed E-state index contributed by atoms with van der Waals surface area (Å²) in [6, 6.07) is -0.584. The van der Waals surface area contributed by atoms with Crippen LogP contribution < -0.4 is 5.73 Å². The summed E-state index contributed by atoms with van der Waals surface area (Å²) in [5.74, 6) is -0.996. The smallest absolute Gasteiger partial charge is 0.321 e. The van der Waals surface area contributed by atoms with Gasteiger partial charge in [0.25, 0.3) is 0 Å². The Morgan fingerprint density at radius 3 is 2.27 bits per heavy atom. The van der Waals surface area contributed by atoms with Crippen molar-refractivity contribution in [3.63, 3.8) is 0 Å².